The molecule has 1 aromatic carbocycles. The molecule has 0 spiro atoms. The zero-order valence-corrected chi connectivity index (χ0v) is 14.9. The molecule has 1 saturated carbocycles. The van der Waals surface area contributed by atoms with Crippen molar-refractivity contribution in [1.82, 2.24) is 4.90 Å². The molecule has 5 heteroatoms. The molecule has 0 radical (unpaired) electrons. The van der Waals surface area contributed by atoms with Crippen molar-refractivity contribution in [2.45, 2.75) is 44.6 Å². The molecule has 0 bridgehead atoms. The number of halogens is 1. The van der Waals surface area contributed by atoms with Gasteiger partial charge in [-0.2, -0.15) is 0 Å². The van der Waals surface area contributed by atoms with Crippen molar-refractivity contribution >= 4 is 17.5 Å². The predicted molar refractivity (Wildman–Crippen MR) is 95.9 cm³/mol. The topological polar surface area (TPSA) is 55.6 Å². The molecule has 2 N–H and O–H groups in total. The fourth-order valence-electron chi connectivity index (χ4n) is 3.99. The molecule has 1 atom stereocenters. The normalized spacial score (nSPS) is 23.9. The average molecular weight is 351 g/mol. The summed E-state index contributed by atoms with van der Waals surface area (Å²) in [7, 11) is 0. The lowest BCUT2D eigenvalue weighted by atomic mass is 9.71. The van der Waals surface area contributed by atoms with E-state index in [1.165, 1.54) is 19.3 Å². The van der Waals surface area contributed by atoms with Gasteiger partial charge in [-0.25, -0.2) is 0 Å². The van der Waals surface area contributed by atoms with E-state index in [4.69, 9.17) is 22.1 Å². The van der Waals surface area contributed by atoms with Crippen molar-refractivity contribution in [3.05, 3.63) is 34.9 Å². The zero-order chi connectivity index (χ0) is 17.0. The van der Waals surface area contributed by atoms with Gasteiger partial charge in [-0.15, -0.1) is 0 Å². The monoisotopic (exact) mass is 350 g/mol. The molecule has 1 unspecified atom stereocenters. The molecule has 1 aliphatic heterocycles. The highest BCUT2D eigenvalue weighted by molar-refractivity contribution is 6.31. The number of morpholine rings is 1. The molecular weight excluding hydrogens is 324 g/mol. The maximum Gasteiger partial charge on any atom is 0.223 e. The molecule has 0 aromatic heterocycles. The first kappa shape index (κ1) is 17.7. The number of rotatable bonds is 4. The lowest BCUT2D eigenvalue weighted by Gasteiger charge is -2.39. The van der Waals surface area contributed by atoms with E-state index in [0.717, 1.165) is 18.4 Å². The van der Waals surface area contributed by atoms with Crippen molar-refractivity contribution in [2.24, 2.45) is 11.1 Å². The zero-order valence-electron chi connectivity index (χ0n) is 14.2. The van der Waals surface area contributed by atoms with Crippen LogP contribution in [0.3, 0.4) is 0 Å². The van der Waals surface area contributed by atoms with Gasteiger partial charge in [-0.3, -0.25) is 4.79 Å². The van der Waals surface area contributed by atoms with Gasteiger partial charge in [0.2, 0.25) is 5.91 Å². The van der Waals surface area contributed by atoms with Gasteiger partial charge >= 0.3 is 0 Å². The van der Waals surface area contributed by atoms with E-state index in [0.29, 0.717) is 37.7 Å². The molecule has 1 heterocycles. The van der Waals surface area contributed by atoms with Gasteiger partial charge in [0.1, 0.15) is 6.10 Å². The van der Waals surface area contributed by atoms with Gasteiger partial charge in [-0.1, -0.05) is 49.1 Å². The van der Waals surface area contributed by atoms with E-state index in [9.17, 15) is 4.79 Å². The minimum atomic E-state index is -0.142. The Morgan fingerprint density at radius 1 is 1.29 bits per heavy atom. The minimum Gasteiger partial charge on any atom is -0.370 e. The van der Waals surface area contributed by atoms with Crippen LogP contribution in [0.25, 0.3) is 0 Å². The van der Waals surface area contributed by atoms with Gasteiger partial charge in [0, 0.05) is 23.6 Å². The van der Waals surface area contributed by atoms with Crippen LogP contribution in [-0.4, -0.2) is 37.0 Å². The number of amides is 1. The lowest BCUT2D eigenvalue weighted by Crippen LogP contribution is -2.45. The summed E-state index contributed by atoms with van der Waals surface area (Å²) in [5, 5.41) is 0.697. The van der Waals surface area contributed by atoms with Crippen LogP contribution in [0.4, 0.5) is 0 Å². The summed E-state index contributed by atoms with van der Waals surface area (Å²) in [5.74, 6) is 0.211. The van der Waals surface area contributed by atoms with Crippen LogP contribution in [0, 0.1) is 5.41 Å². The fraction of sp³-hybridized carbons (Fsp3) is 0.632. The Hall–Kier alpha value is -1.10. The van der Waals surface area contributed by atoms with Crippen LogP contribution in [-0.2, 0) is 9.53 Å². The van der Waals surface area contributed by atoms with E-state index in [1.54, 1.807) is 0 Å². The Balaban J connectivity index is 1.66. The Morgan fingerprint density at radius 2 is 2.04 bits per heavy atom. The maximum atomic E-state index is 12.9. The quantitative estimate of drug-likeness (QED) is 0.903. The second kappa shape index (κ2) is 7.85. The highest BCUT2D eigenvalue weighted by Crippen LogP contribution is 2.39. The summed E-state index contributed by atoms with van der Waals surface area (Å²) < 4.78 is 5.86. The highest BCUT2D eigenvalue weighted by Gasteiger charge is 2.36. The SMILES string of the molecule is NCC1(CC(=O)N2CCOC(c3ccccc3Cl)C2)CCCCC1. The van der Waals surface area contributed by atoms with E-state index in [-0.39, 0.29) is 17.4 Å². The van der Waals surface area contributed by atoms with E-state index < -0.39 is 0 Å². The molecule has 1 amide bonds. The van der Waals surface area contributed by atoms with Gasteiger partial charge in [0.15, 0.2) is 0 Å². The van der Waals surface area contributed by atoms with E-state index in [2.05, 4.69) is 0 Å². The number of hydrogen-bond donors (Lipinski definition) is 1. The molecule has 1 aromatic rings. The molecule has 132 valence electrons. The van der Waals surface area contributed by atoms with Crippen molar-refractivity contribution < 1.29 is 9.53 Å². The summed E-state index contributed by atoms with van der Waals surface area (Å²) >= 11 is 6.29. The summed E-state index contributed by atoms with van der Waals surface area (Å²) in [6.07, 6.45) is 6.23. The number of carbonyl (C=O) groups is 1. The van der Waals surface area contributed by atoms with Crippen LogP contribution in [0.15, 0.2) is 24.3 Å². The maximum absolute atomic E-state index is 12.9. The number of nitrogens with two attached hydrogens (primary N) is 1. The van der Waals surface area contributed by atoms with Gasteiger partial charge in [0.05, 0.1) is 13.2 Å². The van der Waals surface area contributed by atoms with Crippen LogP contribution in [0.5, 0.6) is 0 Å². The number of carbonyl (C=O) groups excluding carboxylic acids is 1. The van der Waals surface area contributed by atoms with Crippen LogP contribution < -0.4 is 5.73 Å². The molecule has 3 rings (SSSR count). The smallest absolute Gasteiger partial charge is 0.223 e. The number of ether oxygens (including phenoxy) is 1. The molecule has 1 saturated heterocycles. The molecule has 2 aliphatic rings. The van der Waals surface area contributed by atoms with Crippen molar-refractivity contribution in [3.63, 3.8) is 0 Å². The first-order valence-corrected chi connectivity index (χ1v) is 9.35. The first-order chi connectivity index (χ1) is 11.6. The van der Waals surface area contributed by atoms with E-state index in [1.807, 2.05) is 29.2 Å². The van der Waals surface area contributed by atoms with Crippen molar-refractivity contribution in [2.75, 3.05) is 26.2 Å². The molecule has 2 fully saturated rings. The van der Waals surface area contributed by atoms with Crippen LogP contribution in [0.1, 0.15) is 50.2 Å². The minimum absolute atomic E-state index is 0.00747. The third-order valence-corrected chi connectivity index (χ3v) is 5.89. The Morgan fingerprint density at radius 3 is 2.75 bits per heavy atom. The second-order valence-electron chi connectivity index (χ2n) is 7.16. The highest BCUT2D eigenvalue weighted by atomic mass is 35.5. The predicted octanol–water partition coefficient (Wildman–Crippen LogP) is 3.54. The third kappa shape index (κ3) is 3.93. The second-order valence-corrected chi connectivity index (χ2v) is 7.57. The van der Waals surface area contributed by atoms with Gasteiger partial charge in [0.25, 0.3) is 0 Å². The van der Waals surface area contributed by atoms with Gasteiger partial charge < -0.3 is 15.4 Å². The van der Waals surface area contributed by atoms with Gasteiger partial charge in [-0.05, 0) is 30.9 Å². The summed E-state index contributed by atoms with van der Waals surface area (Å²) in [6, 6.07) is 7.71. The molecule has 1 aliphatic carbocycles. The fourth-order valence-corrected chi connectivity index (χ4v) is 4.25. The number of nitrogens with zero attached hydrogens (tertiary/aromatic N) is 1. The number of hydrogen-bond acceptors (Lipinski definition) is 3. The summed E-state index contributed by atoms with van der Waals surface area (Å²) in [6.45, 7) is 2.39. The van der Waals surface area contributed by atoms with Crippen molar-refractivity contribution in [1.29, 1.82) is 0 Å². The standard InChI is InChI=1S/C19H27ClN2O2/c20-16-7-3-2-6-15(16)17-13-22(10-11-24-17)18(23)12-19(14-21)8-4-1-5-9-19/h2-3,6-7,17H,1,4-5,8-14,21H2. The molecule has 4 nitrogen and oxygen atoms in total. The molecule has 24 heavy (non-hydrogen) atoms. The summed E-state index contributed by atoms with van der Waals surface area (Å²) in [5.41, 5.74) is 7.01. The lowest BCUT2D eigenvalue weighted by molar-refractivity contribution is -0.142. The summed E-state index contributed by atoms with van der Waals surface area (Å²) in [4.78, 5) is 14.8. The Labute approximate surface area is 149 Å². The molecular formula is C19H27ClN2O2. The van der Waals surface area contributed by atoms with E-state index >= 15 is 0 Å². The Kier molecular flexibility index (Phi) is 5.80. The van der Waals surface area contributed by atoms with Crippen molar-refractivity contribution in [3.8, 4) is 0 Å². The Bertz CT molecular complexity index is 572. The third-order valence-electron chi connectivity index (χ3n) is 5.54. The average Bonchev–Trinajstić information content (AvgIpc) is 2.63. The number of benzene rings is 1. The van der Waals surface area contributed by atoms with Crippen LogP contribution in [0.2, 0.25) is 5.02 Å². The van der Waals surface area contributed by atoms with Crippen LogP contribution >= 0.6 is 11.6 Å². The largest absolute Gasteiger partial charge is 0.370 e. The first-order valence-electron chi connectivity index (χ1n) is 8.97.